The largest absolute Gasteiger partial charge is 0.478 e. The molecular weight excluding hydrogens is 841 g/mol. The molecule has 0 radical (unpaired) electrons. The first kappa shape index (κ1) is 49.9. The number of likely N-dealkylation sites (tertiary alicyclic amines) is 1. The van der Waals surface area contributed by atoms with Crippen LogP contribution in [0.5, 0.6) is 12.0 Å². The highest BCUT2D eigenvalue weighted by Gasteiger charge is 2.25. The van der Waals surface area contributed by atoms with E-state index in [2.05, 4.69) is 25.3 Å². The van der Waals surface area contributed by atoms with Gasteiger partial charge in [0, 0.05) is 31.5 Å². The summed E-state index contributed by atoms with van der Waals surface area (Å²) in [6.07, 6.45) is 5.08. The first-order valence-electron chi connectivity index (χ1n) is 19.1. The summed E-state index contributed by atoms with van der Waals surface area (Å²) in [6, 6.07) is 34.7. The van der Waals surface area contributed by atoms with Gasteiger partial charge in [-0.15, -0.1) is 24.8 Å². The van der Waals surface area contributed by atoms with Crippen molar-refractivity contribution in [2.75, 3.05) is 37.6 Å². The van der Waals surface area contributed by atoms with E-state index in [0.29, 0.717) is 37.1 Å². The second-order valence-corrected chi connectivity index (χ2v) is 13.6. The molecule has 2 aliphatic heterocycles. The lowest BCUT2D eigenvalue weighted by Crippen LogP contribution is -2.41. The van der Waals surface area contributed by atoms with Crippen molar-refractivity contribution in [2.24, 2.45) is 0 Å². The summed E-state index contributed by atoms with van der Waals surface area (Å²) in [5, 5.41) is 12.0. The minimum atomic E-state index is -0.894. The lowest BCUT2D eigenvalue weighted by molar-refractivity contribution is 0.0577. The van der Waals surface area contributed by atoms with Gasteiger partial charge in [-0.25, -0.2) is 23.5 Å². The highest BCUT2D eigenvalue weighted by Crippen LogP contribution is 2.23. The van der Waals surface area contributed by atoms with E-state index in [1.807, 2.05) is 102 Å². The van der Waals surface area contributed by atoms with Crippen LogP contribution in [0.4, 0.5) is 20.4 Å². The van der Waals surface area contributed by atoms with E-state index >= 15 is 0 Å². The topological polar surface area (TPSA) is 192 Å². The second-order valence-electron chi connectivity index (χ2n) is 13.6. The third kappa shape index (κ3) is 14.4. The van der Waals surface area contributed by atoms with Crippen LogP contribution in [-0.2, 0) is 0 Å². The van der Waals surface area contributed by atoms with Gasteiger partial charge >= 0.3 is 18.0 Å². The molecule has 13 nitrogen and oxygen atoms in total. The molecule has 4 heterocycles. The quantitative estimate of drug-likeness (QED) is 0.114. The molecule has 8 rings (SSSR count). The summed E-state index contributed by atoms with van der Waals surface area (Å²) in [7, 11) is 0. The number of benzene rings is 4. The molecule has 17 heteroatoms. The van der Waals surface area contributed by atoms with Gasteiger partial charge in [-0.2, -0.15) is 9.97 Å². The van der Waals surface area contributed by atoms with Crippen LogP contribution in [0.15, 0.2) is 122 Å². The minimum absolute atomic E-state index is 0. The van der Waals surface area contributed by atoms with Crippen molar-refractivity contribution in [3.8, 4) is 34.3 Å². The molecule has 328 valence electrons. The Morgan fingerprint density at radius 2 is 1.00 bits per heavy atom. The monoisotopic (exact) mass is 890 g/mol. The molecule has 2 aliphatic rings. The summed E-state index contributed by atoms with van der Waals surface area (Å²) in [5.74, 6) is -2.58. The number of amides is 1. The maximum atomic E-state index is 13.2. The van der Waals surface area contributed by atoms with Crippen molar-refractivity contribution < 1.29 is 33.0 Å². The summed E-state index contributed by atoms with van der Waals surface area (Å²) in [5.41, 5.74) is 16.0. The van der Waals surface area contributed by atoms with Gasteiger partial charge < -0.3 is 36.3 Å². The van der Waals surface area contributed by atoms with Crippen LogP contribution in [0.3, 0.4) is 0 Å². The summed E-state index contributed by atoms with van der Waals surface area (Å²) in [4.78, 5) is 40.3. The fourth-order valence-corrected chi connectivity index (χ4v) is 6.28. The normalized spacial score (nSPS) is 13.5. The number of aromatic nitrogens is 4. The minimum Gasteiger partial charge on any atom is -0.478 e. The number of halogens is 4. The van der Waals surface area contributed by atoms with Crippen LogP contribution < -0.4 is 26.3 Å². The van der Waals surface area contributed by atoms with E-state index in [4.69, 9.17) is 26.0 Å². The molecule has 0 atom stereocenters. The van der Waals surface area contributed by atoms with Crippen molar-refractivity contribution >= 4 is 48.3 Å². The van der Waals surface area contributed by atoms with Gasteiger partial charge in [0.1, 0.15) is 12.2 Å². The van der Waals surface area contributed by atoms with Gasteiger partial charge in [0.15, 0.2) is 23.3 Å². The molecule has 6 aromatic rings. The first-order valence-corrected chi connectivity index (χ1v) is 19.1. The Balaban J connectivity index is 0.000000264. The Bertz CT molecular complexity index is 2290. The smallest absolute Gasteiger partial charge is 0.335 e. The van der Waals surface area contributed by atoms with Crippen LogP contribution in [0.2, 0.25) is 0 Å². The van der Waals surface area contributed by atoms with E-state index in [1.165, 1.54) is 0 Å². The van der Waals surface area contributed by atoms with E-state index in [1.54, 1.807) is 12.1 Å². The first-order chi connectivity index (χ1) is 28.6. The number of ether oxygens (including phenoxy) is 2. The molecule has 2 aromatic heterocycles. The van der Waals surface area contributed by atoms with Gasteiger partial charge in [-0.1, -0.05) is 92.4 Å². The molecule has 0 aliphatic carbocycles. The number of carbonyl (C=O) groups excluding carboxylic acids is 1. The molecule has 0 saturated carbocycles. The number of anilines is 2. The average molecular weight is 892 g/mol. The lowest BCUT2D eigenvalue weighted by atomic mass is 10.0. The molecule has 0 bridgehead atoms. The van der Waals surface area contributed by atoms with Gasteiger partial charge in [-0.3, -0.25) is 4.79 Å². The van der Waals surface area contributed by atoms with E-state index in [9.17, 15) is 18.4 Å². The van der Waals surface area contributed by atoms with Gasteiger partial charge in [-0.05, 0) is 72.5 Å². The summed E-state index contributed by atoms with van der Waals surface area (Å²) in [6.45, 7) is 2.98. The zero-order valence-corrected chi connectivity index (χ0v) is 34.5. The van der Waals surface area contributed by atoms with Crippen LogP contribution in [0, 0.1) is 11.6 Å². The predicted molar refractivity (Wildman–Crippen MR) is 241 cm³/mol. The number of nitrogens with two attached hydrogens (primary N) is 2. The molecule has 2 fully saturated rings. The van der Waals surface area contributed by atoms with Crippen LogP contribution in [0.25, 0.3) is 22.3 Å². The number of hydrogen-bond donors (Lipinski definition) is 4. The molecule has 1 amide bonds. The van der Waals surface area contributed by atoms with Gasteiger partial charge in [0.05, 0.1) is 18.0 Å². The fraction of sp³-hybridized carbons (Fsp3) is 0.244. The van der Waals surface area contributed by atoms with Gasteiger partial charge in [0.2, 0.25) is 0 Å². The number of rotatable bonds is 8. The average Bonchev–Trinajstić information content (AvgIpc) is 3.28. The van der Waals surface area contributed by atoms with Crippen molar-refractivity contribution in [3.63, 3.8) is 0 Å². The second kappa shape index (κ2) is 24.7. The Morgan fingerprint density at radius 1 is 0.613 bits per heavy atom. The standard InChI is InChI=1S/C22H21FN4O2.C13H10O2.C9H13FN4O.CH4.2ClH/c23-19-14-25-22(26-20(19)24)29-18-10-12-27(13-11-18)21(28)17-8-6-16(7-9-17)15-4-2-1-3-5-15;14-13(15)12-8-6-11(7-9-12)10-4-2-1-3-5-10;10-7-5-13-9(14-8(7)11)15-6-1-3-12-4-2-6;;;/h1-9,14,18H,10-13H2,(H2,24,25,26);1-9H,(H,14,15);5-6,12H,1-4H2,(H2,11,13,14);1H4;2*1H. The summed E-state index contributed by atoms with van der Waals surface area (Å²) < 4.78 is 37.1. The van der Waals surface area contributed by atoms with Crippen molar-refractivity contribution in [1.29, 1.82) is 0 Å². The SMILES string of the molecule is C.Cl.Cl.Nc1nc(OC2CCN(C(=O)c3ccc(-c4ccccc4)cc3)CC2)ncc1F.Nc1nc(OC2CCNCC2)ncc1F.O=C(O)c1ccc(-c2ccccc2)cc1. The Morgan fingerprint density at radius 3 is 1.40 bits per heavy atom. The number of carbonyl (C=O) groups is 2. The van der Waals surface area contributed by atoms with Crippen LogP contribution >= 0.6 is 24.8 Å². The number of nitrogens with one attached hydrogen (secondary N) is 1. The number of aromatic carboxylic acids is 1. The Kier molecular flexibility index (Phi) is 19.9. The number of carboxylic acid groups (broad SMARTS) is 1. The third-order valence-electron chi connectivity index (χ3n) is 9.54. The number of carboxylic acids is 1. The van der Waals surface area contributed by atoms with Crippen LogP contribution in [0.1, 0.15) is 53.8 Å². The zero-order chi connectivity index (χ0) is 41.6. The van der Waals surface area contributed by atoms with Crippen molar-refractivity contribution in [1.82, 2.24) is 30.2 Å². The lowest BCUT2D eigenvalue weighted by Gasteiger charge is -2.31. The number of nitrogens with zero attached hydrogens (tertiary/aromatic N) is 5. The molecule has 6 N–H and O–H groups in total. The van der Waals surface area contributed by atoms with Crippen LogP contribution in [-0.4, -0.2) is 80.2 Å². The maximum Gasteiger partial charge on any atom is 0.335 e. The molecule has 62 heavy (non-hydrogen) atoms. The predicted octanol–water partition coefficient (Wildman–Crippen LogP) is 8.41. The van der Waals surface area contributed by atoms with Crippen molar-refractivity contribution in [2.45, 2.75) is 45.3 Å². The van der Waals surface area contributed by atoms with E-state index in [-0.39, 0.29) is 74.0 Å². The maximum absolute atomic E-state index is 13.2. The summed E-state index contributed by atoms with van der Waals surface area (Å²) >= 11 is 0. The van der Waals surface area contributed by atoms with E-state index < -0.39 is 17.6 Å². The van der Waals surface area contributed by atoms with Gasteiger partial charge in [0.25, 0.3) is 5.91 Å². The highest BCUT2D eigenvalue weighted by atomic mass is 35.5. The molecule has 0 spiro atoms. The van der Waals surface area contributed by atoms with E-state index in [0.717, 1.165) is 60.6 Å². The number of nitrogen functional groups attached to an aromatic ring is 2. The fourth-order valence-electron chi connectivity index (χ4n) is 6.28. The molecule has 2 saturated heterocycles. The number of hydrogen-bond acceptors (Lipinski definition) is 11. The third-order valence-corrected chi connectivity index (χ3v) is 9.54. The van der Waals surface area contributed by atoms with Crippen molar-refractivity contribution in [3.05, 3.63) is 144 Å². The molecule has 0 unspecified atom stereocenters. The molecule has 4 aromatic carbocycles. The Labute approximate surface area is 371 Å². The molecular formula is C45H50Cl2F2N8O5. The number of piperidine rings is 2. The highest BCUT2D eigenvalue weighted by molar-refractivity contribution is 5.94. The zero-order valence-electron chi connectivity index (χ0n) is 32.9. The Hall–Kier alpha value is -6.42.